The van der Waals surface area contributed by atoms with Crippen LogP contribution in [0.5, 0.6) is 0 Å². The van der Waals surface area contributed by atoms with Crippen LogP contribution in [0.1, 0.15) is 27.0 Å². The second-order valence-corrected chi connectivity index (χ2v) is 5.13. The molecule has 0 radical (unpaired) electrons. The molecular weight excluding hydrogens is 301 g/mol. The van der Waals surface area contributed by atoms with E-state index in [4.69, 9.17) is 11.6 Å². The number of halogens is 4. The van der Waals surface area contributed by atoms with Gasteiger partial charge in [-0.2, -0.15) is 13.2 Å². The molecule has 0 spiro atoms. The van der Waals surface area contributed by atoms with Gasteiger partial charge in [0.2, 0.25) is 0 Å². The van der Waals surface area contributed by atoms with Gasteiger partial charge < -0.3 is 0 Å². The van der Waals surface area contributed by atoms with E-state index in [1.807, 2.05) is 0 Å². The van der Waals surface area contributed by atoms with Crippen molar-refractivity contribution in [3.05, 3.63) is 69.7 Å². The van der Waals surface area contributed by atoms with Gasteiger partial charge >= 0.3 is 6.18 Å². The molecule has 0 aromatic heterocycles. The lowest BCUT2D eigenvalue weighted by Gasteiger charge is -2.11. The SMILES string of the molecule is Cc1cc(C(F)(F)F)ccc1C(=O)Cc1ccccc1Cl. The number of alkyl halides is 3. The van der Waals surface area contributed by atoms with Crippen LogP contribution in [0.4, 0.5) is 13.2 Å². The lowest BCUT2D eigenvalue weighted by molar-refractivity contribution is -0.137. The van der Waals surface area contributed by atoms with E-state index in [1.54, 1.807) is 24.3 Å². The van der Waals surface area contributed by atoms with Crippen LogP contribution in [0, 0.1) is 6.92 Å². The number of Topliss-reactive ketones (excluding diaryl/α,β-unsaturated/α-hetero) is 1. The van der Waals surface area contributed by atoms with E-state index in [2.05, 4.69) is 0 Å². The van der Waals surface area contributed by atoms with Gasteiger partial charge in [-0.05, 0) is 36.2 Å². The molecule has 0 aliphatic carbocycles. The van der Waals surface area contributed by atoms with E-state index in [0.717, 1.165) is 12.1 Å². The van der Waals surface area contributed by atoms with Crippen LogP contribution in [-0.2, 0) is 12.6 Å². The topological polar surface area (TPSA) is 17.1 Å². The van der Waals surface area contributed by atoms with Gasteiger partial charge in [0, 0.05) is 17.0 Å². The standard InChI is InChI=1S/C16H12ClF3O/c1-10-8-12(16(18,19)20)6-7-13(10)15(21)9-11-4-2-3-5-14(11)17/h2-8H,9H2,1H3. The average molecular weight is 313 g/mol. The largest absolute Gasteiger partial charge is 0.416 e. The predicted octanol–water partition coefficient (Wildman–Crippen LogP) is 5.09. The van der Waals surface area contributed by atoms with Crippen molar-refractivity contribution in [2.24, 2.45) is 0 Å². The summed E-state index contributed by atoms with van der Waals surface area (Å²) >= 11 is 5.98. The summed E-state index contributed by atoms with van der Waals surface area (Å²) in [5.41, 5.74) is 0.488. The van der Waals surface area contributed by atoms with Gasteiger partial charge in [0.1, 0.15) is 0 Å². The van der Waals surface area contributed by atoms with E-state index >= 15 is 0 Å². The number of ketones is 1. The van der Waals surface area contributed by atoms with Gasteiger partial charge in [0.15, 0.2) is 5.78 Å². The van der Waals surface area contributed by atoms with Crippen LogP contribution < -0.4 is 0 Å². The molecule has 0 fully saturated rings. The molecule has 0 unspecified atom stereocenters. The summed E-state index contributed by atoms with van der Waals surface area (Å²) < 4.78 is 37.8. The lowest BCUT2D eigenvalue weighted by Crippen LogP contribution is -2.10. The highest BCUT2D eigenvalue weighted by atomic mass is 35.5. The van der Waals surface area contributed by atoms with Crippen LogP contribution >= 0.6 is 11.6 Å². The molecule has 2 aromatic rings. The Bertz CT molecular complexity index is 677. The Morgan fingerprint density at radius 1 is 1.14 bits per heavy atom. The normalized spacial score (nSPS) is 11.5. The number of carbonyl (C=O) groups is 1. The average Bonchev–Trinajstić information content (AvgIpc) is 2.40. The van der Waals surface area contributed by atoms with Crippen molar-refractivity contribution in [3.8, 4) is 0 Å². The quantitative estimate of drug-likeness (QED) is 0.721. The van der Waals surface area contributed by atoms with Gasteiger partial charge in [-0.1, -0.05) is 35.9 Å². The number of carbonyl (C=O) groups excluding carboxylic acids is 1. The van der Waals surface area contributed by atoms with Gasteiger partial charge in [0.25, 0.3) is 0 Å². The third kappa shape index (κ3) is 3.64. The Morgan fingerprint density at radius 2 is 1.81 bits per heavy atom. The highest BCUT2D eigenvalue weighted by Gasteiger charge is 2.31. The molecule has 0 N–H and O–H groups in total. The summed E-state index contributed by atoms with van der Waals surface area (Å²) in [6.07, 6.45) is -4.35. The maximum atomic E-state index is 12.6. The molecule has 0 bridgehead atoms. The zero-order valence-electron chi connectivity index (χ0n) is 11.2. The minimum absolute atomic E-state index is 0.0614. The first-order chi connectivity index (χ1) is 9.79. The van der Waals surface area contributed by atoms with Crippen molar-refractivity contribution >= 4 is 17.4 Å². The Labute approximate surface area is 125 Å². The van der Waals surface area contributed by atoms with Gasteiger partial charge in [0.05, 0.1) is 5.56 Å². The van der Waals surface area contributed by atoms with E-state index < -0.39 is 11.7 Å². The molecule has 0 heterocycles. The van der Waals surface area contributed by atoms with Gasteiger partial charge in [-0.15, -0.1) is 0 Å². The molecule has 0 aliphatic heterocycles. The molecule has 21 heavy (non-hydrogen) atoms. The molecule has 2 aromatic carbocycles. The predicted molar refractivity (Wildman–Crippen MR) is 75.7 cm³/mol. The van der Waals surface area contributed by atoms with Crippen molar-refractivity contribution in [2.45, 2.75) is 19.5 Å². The van der Waals surface area contributed by atoms with Crippen molar-refractivity contribution in [1.29, 1.82) is 0 Å². The molecule has 110 valence electrons. The third-order valence-electron chi connectivity index (χ3n) is 3.16. The molecule has 1 nitrogen and oxygen atoms in total. The van der Waals surface area contributed by atoms with Crippen molar-refractivity contribution in [3.63, 3.8) is 0 Å². The summed E-state index contributed by atoms with van der Waals surface area (Å²) in [5, 5.41) is 0.468. The minimum atomic E-state index is -4.41. The Morgan fingerprint density at radius 3 is 2.38 bits per heavy atom. The number of aryl methyl sites for hydroxylation is 1. The molecule has 0 amide bonds. The highest BCUT2D eigenvalue weighted by molar-refractivity contribution is 6.31. The second-order valence-electron chi connectivity index (χ2n) is 4.72. The molecule has 5 heteroatoms. The molecule has 0 saturated carbocycles. The van der Waals surface area contributed by atoms with Gasteiger partial charge in [-0.25, -0.2) is 0 Å². The lowest BCUT2D eigenvalue weighted by atomic mass is 9.97. The molecule has 0 aliphatic rings. The van der Waals surface area contributed by atoms with E-state index in [-0.39, 0.29) is 17.8 Å². The fourth-order valence-corrected chi connectivity index (χ4v) is 2.27. The van der Waals surface area contributed by atoms with E-state index in [9.17, 15) is 18.0 Å². The Balaban J connectivity index is 2.26. The molecular formula is C16H12ClF3O. The van der Waals surface area contributed by atoms with Gasteiger partial charge in [-0.3, -0.25) is 4.79 Å². The maximum Gasteiger partial charge on any atom is 0.416 e. The summed E-state index contributed by atoms with van der Waals surface area (Å²) in [6, 6.07) is 10.0. The second kappa shape index (κ2) is 5.90. The van der Waals surface area contributed by atoms with Crippen molar-refractivity contribution in [1.82, 2.24) is 0 Å². The maximum absolute atomic E-state index is 12.6. The van der Waals surface area contributed by atoms with Crippen LogP contribution in [0.25, 0.3) is 0 Å². The Hall–Kier alpha value is -1.81. The molecule has 0 atom stereocenters. The minimum Gasteiger partial charge on any atom is -0.294 e. The number of rotatable bonds is 3. The first kappa shape index (κ1) is 15.6. The van der Waals surface area contributed by atoms with Crippen LogP contribution in [0.15, 0.2) is 42.5 Å². The van der Waals surface area contributed by atoms with E-state index in [1.165, 1.54) is 13.0 Å². The first-order valence-corrected chi connectivity index (χ1v) is 6.61. The zero-order valence-corrected chi connectivity index (χ0v) is 11.9. The summed E-state index contributed by atoms with van der Waals surface area (Å²) in [7, 11) is 0. The van der Waals surface area contributed by atoms with Crippen LogP contribution in [0.3, 0.4) is 0 Å². The molecule has 2 rings (SSSR count). The van der Waals surface area contributed by atoms with Crippen LogP contribution in [-0.4, -0.2) is 5.78 Å². The van der Waals surface area contributed by atoms with E-state index in [0.29, 0.717) is 16.1 Å². The third-order valence-corrected chi connectivity index (χ3v) is 3.53. The highest BCUT2D eigenvalue weighted by Crippen LogP contribution is 2.30. The molecule has 0 saturated heterocycles. The smallest absolute Gasteiger partial charge is 0.294 e. The summed E-state index contributed by atoms with van der Waals surface area (Å²) in [6.45, 7) is 1.50. The number of hydrogen-bond acceptors (Lipinski definition) is 1. The first-order valence-electron chi connectivity index (χ1n) is 6.23. The number of benzene rings is 2. The van der Waals surface area contributed by atoms with Crippen molar-refractivity contribution < 1.29 is 18.0 Å². The monoisotopic (exact) mass is 312 g/mol. The Kier molecular flexibility index (Phi) is 4.37. The fourth-order valence-electron chi connectivity index (χ4n) is 2.06. The van der Waals surface area contributed by atoms with Crippen molar-refractivity contribution in [2.75, 3.05) is 0 Å². The van der Waals surface area contributed by atoms with Crippen LogP contribution in [0.2, 0.25) is 5.02 Å². The summed E-state index contributed by atoms with van der Waals surface area (Å²) in [4.78, 5) is 12.2. The summed E-state index contributed by atoms with van der Waals surface area (Å²) in [5.74, 6) is -0.255. The fraction of sp³-hybridized carbons (Fsp3) is 0.188. The zero-order chi connectivity index (χ0) is 15.6. The number of hydrogen-bond donors (Lipinski definition) is 0.